The Morgan fingerprint density at radius 2 is 2.08 bits per heavy atom. The van der Waals surface area contributed by atoms with E-state index in [0.29, 0.717) is 35.1 Å². The second-order valence-electron chi connectivity index (χ2n) is 9.24. The molecule has 3 aromatic heterocycles. The molecule has 204 valence electrons. The lowest BCUT2D eigenvalue weighted by atomic mass is 10.1. The molecular weight excluding hydrogens is 536 g/mol. The number of thiophene rings is 1. The summed E-state index contributed by atoms with van der Waals surface area (Å²) in [6, 6.07) is 12.6. The van der Waals surface area contributed by atoms with Gasteiger partial charge in [0.25, 0.3) is 5.91 Å². The number of halogens is 1. The van der Waals surface area contributed by atoms with Gasteiger partial charge >= 0.3 is 0 Å². The molecule has 1 aromatic carbocycles. The second kappa shape index (κ2) is 13.1. The van der Waals surface area contributed by atoms with Gasteiger partial charge in [-0.05, 0) is 36.9 Å². The molecule has 0 saturated heterocycles. The average Bonchev–Trinajstić information content (AvgIpc) is 3.29. The van der Waals surface area contributed by atoms with Crippen molar-refractivity contribution in [2.45, 2.75) is 25.8 Å². The molecular formula is C29H31ClN4O4S. The summed E-state index contributed by atoms with van der Waals surface area (Å²) in [7, 11) is 3.72. The first-order valence-electron chi connectivity index (χ1n) is 12.4. The second-order valence-corrected chi connectivity index (χ2v) is 10.8. The van der Waals surface area contributed by atoms with Gasteiger partial charge in [0, 0.05) is 54.5 Å². The van der Waals surface area contributed by atoms with E-state index in [-0.39, 0.29) is 24.1 Å². The van der Waals surface area contributed by atoms with Crippen LogP contribution >= 0.6 is 22.9 Å². The van der Waals surface area contributed by atoms with E-state index in [1.807, 2.05) is 41.8 Å². The Kier molecular flexibility index (Phi) is 9.66. The summed E-state index contributed by atoms with van der Waals surface area (Å²) >= 11 is 7.29. The molecule has 1 amide bonds. The predicted molar refractivity (Wildman–Crippen MR) is 155 cm³/mol. The topological polar surface area (TPSA) is 96.7 Å². The van der Waals surface area contributed by atoms with Gasteiger partial charge in [-0.3, -0.25) is 19.5 Å². The van der Waals surface area contributed by atoms with Crippen molar-refractivity contribution in [2.24, 2.45) is 7.05 Å². The maximum absolute atomic E-state index is 13.5. The molecule has 0 aliphatic rings. The Hall–Kier alpha value is -3.34. The van der Waals surface area contributed by atoms with Crippen LogP contribution in [-0.2, 0) is 31.5 Å². The van der Waals surface area contributed by atoms with Gasteiger partial charge in [-0.25, -0.2) is 0 Å². The minimum Gasteiger partial charge on any atom is -0.385 e. The fourth-order valence-corrected chi connectivity index (χ4v) is 5.80. The van der Waals surface area contributed by atoms with Crippen LogP contribution in [0.15, 0.2) is 72.3 Å². The van der Waals surface area contributed by atoms with E-state index in [4.69, 9.17) is 16.3 Å². The van der Waals surface area contributed by atoms with Crippen molar-refractivity contribution < 1.29 is 14.6 Å². The molecule has 0 radical (unpaired) electrons. The molecule has 0 spiro atoms. The van der Waals surface area contributed by atoms with Crippen molar-refractivity contribution in [3.05, 3.63) is 110 Å². The van der Waals surface area contributed by atoms with Crippen LogP contribution < -0.4 is 10.7 Å². The maximum Gasteiger partial charge on any atom is 0.257 e. The highest BCUT2D eigenvalue weighted by Gasteiger charge is 2.23. The van der Waals surface area contributed by atoms with Crippen LogP contribution in [0.4, 0.5) is 0 Å². The van der Waals surface area contributed by atoms with E-state index in [2.05, 4.69) is 16.9 Å². The zero-order valence-corrected chi connectivity index (χ0v) is 23.5. The van der Waals surface area contributed by atoms with Crippen LogP contribution in [0.5, 0.6) is 0 Å². The molecule has 4 aromatic rings. The molecule has 0 bridgehead atoms. The lowest BCUT2D eigenvalue weighted by molar-refractivity contribution is 0.0949. The van der Waals surface area contributed by atoms with E-state index in [1.54, 1.807) is 42.7 Å². The number of rotatable bonds is 12. The number of carbonyl (C=O) groups is 1. The third-order valence-electron chi connectivity index (χ3n) is 6.21. The number of amides is 1. The zero-order chi connectivity index (χ0) is 27.9. The summed E-state index contributed by atoms with van der Waals surface area (Å²) < 4.78 is 8.08. The fraction of sp³-hybridized carbons (Fsp3) is 0.276. The third kappa shape index (κ3) is 7.00. The number of likely N-dealkylation sites (N-methyl/N-ethyl adjacent to an activating group) is 1. The summed E-state index contributed by atoms with van der Waals surface area (Å²) in [5.74, 6) is -0.442. The van der Waals surface area contributed by atoms with Crippen LogP contribution in [0.3, 0.4) is 0 Å². The van der Waals surface area contributed by atoms with Crippen LogP contribution in [0.2, 0.25) is 5.02 Å². The third-order valence-corrected chi connectivity index (χ3v) is 7.67. The SMILES string of the molecule is C=CCOCc1c(CN(C)C[C@@H](O)c2ccccn2)sc2c(=O)c(C(=O)NCc3ccc(Cl)cc3)cn(C)c12. The molecule has 0 aliphatic carbocycles. The average molecular weight is 567 g/mol. The van der Waals surface area contributed by atoms with Crippen molar-refractivity contribution in [1.82, 2.24) is 19.8 Å². The largest absolute Gasteiger partial charge is 0.385 e. The molecule has 0 aliphatic heterocycles. The first-order valence-corrected chi connectivity index (χ1v) is 13.6. The zero-order valence-electron chi connectivity index (χ0n) is 21.9. The number of aliphatic hydroxyl groups is 1. The van der Waals surface area contributed by atoms with Gasteiger partial charge in [-0.1, -0.05) is 35.9 Å². The lowest BCUT2D eigenvalue weighted by Crippen LogP contribution is -2.29. The predicted octanol–water partition coefficient (Wildman–Crippen LogP) is 4.45. The van der Waals surface area contributed by atoms with Crippen LogP contribution in [0.25, 0.3) is 10.2 Å². The summed E-state index contributed by atoms with van der Waals surface area (Å²) in [4.78, 5) is 33.7. The molecule has 4 rings (SSSR count). The van der Waals surface area contributed by atoms with Crippen LogP contribution in [0.1, 0.15) is 38.2 Å². The molecule has 0 unspecified atom stereocenters. The van der Waals surface area contributed by atoms with Gasteiger partial charge in [-0.2, -0.15) is 0 Å². The number of pyridine rings is 2. The molecule has 2 N–H and O–H groups in total. The highest BCUT2D eigenvalue weighted by Crippen LogP contribution is 2.31. The fourth-order valence-electron chi connectivity index (χ4n) is 4.30. The number of nitrogens with one attached hydrogen (secondary N) is 1. The van der Waals surface area contributed by atoms with Gasteiger partial charge in [0.2, 0.25) is 5.43 Å². The highest BCUT2D eigenvalue weighted by molar-refractivity contribution is 7.19. The van der Waals surface area contributed by atoms with E-state index in [9.17, 15) is 14.7 Å². The monoisotopic (exact) mass is 566 g/mol. The van der Waals surface area contributed by atoms with E-state index in [0.717, 1.165) is 21.5 Å². The number of nitrogens with zero attached hydrogens (tertiary/aromatic N) is 3. The Morgan fingerprint density at radius 3 is 2.77 bits per heavy atom. The first-order chi connectivity index (χ1) is 18.8. The number of aryl methyl sites for hydroxylation is 1. The summed E-state index contributed by atoms with van der Waals surface area (Å²) in [6.07, 6.45) is 4.14. The van der Waals surface area contributed by atoms with Crippen LogP contribution in [0, 0.1) is 0 Å². The van der Waals surface area contributed by atoms with Gasteiger partial charge in [0.15, 0.2) is 0 Å². The number of aromatic nitrogens is 2. The molecule has 0 fully saturated rings. The molecule has 39 heavy (non-hydrogen) atoms. The minimum atomic E-state index is -0.756. The molecule has 10 heteroatoms. The van der Waals surface area contributed by atoms with Gasteiger partial charge in [0.1, 0.15) is 11.7 Å². The number of benzene rings is 1. The smallest absolute Gasteiger partial charge is 0.257 e. The van der Waals surface area contributed by atoms with Crippen molar-refractivity contribution >= 4 is 39.1 Å². The van der Waals surface area contributed by atoms with Crippen molar-refractivity contribution in [3.8, 4) is 0 Å². The van der Waals surface area contributed by atoms with Crippen LogP contribution in [-0.4, -0.2) is 45.7 Å². The summed E-state index contributed by atoms with van der Waals surface area (Å²) in [5.41, 5.74) is 2.83. The Bertz CT molecular complexity index is 1500. The van der Waals surface area contributed by atoms with Crippen molar-refractivity contribution in [1.29, 1.82) is 0 Å². The molecule has 3 heterocycles. The summed E-state index contributed by atoms with van der Waals surface area (Å²) in [5, 5.41) is 14.1. The van der Waals surface area contributed by atoms with Crippen molar-refractivity contribution in [2.75, 3.05) is 20.2 Å². The number of ether oxygens (including phenoxy) is 1. The molecule has 8 nitrogen and oxygen atoms in total. The molecule has 0 saturated carbocycles. The standard InChI is InChI=1S/C29H31ClN4O4S/c1-4-13-38-18-22-25(17-33(2)16-24(35)23-7-5-6-12-31-23)39-28-26(22)34(3)15-21(27(28)36)29(37)32-14-19-8-10-20(30)11-9-19/h4-12,15,24,35H,1,13-14,16-18H2,2-3H3,(H,32,37)/t24-/m1/s1. The maximum atomic E-state index is 13.5. The number of fused-ring (bicyclic) bond motifs is 1. The highest BCUT2D eigenvalue weighted by atomic mass is 35.5. The normalized spacial score (nSPS) is 12.1. The first kappa shape index (κ1) is 28.7. The van der Waals surface area contributed by atoms with E-state index < -0.39 is 12.0 Å². The number of aliphatic hydroxyl groups excluding tert-OH is 1. The van der Waals surface area contributed by atoms with E-state index in [1.165, 1.54) is 11.3 Å². The Labute approximate surface area is 236 Å². The lowest BCUT2D eigenvalue weighted by Gasteiger charge is -2.20. The quantitative estimate of drug-likeness (QED) is 0.194. The van der Waals surface area contributed by atoms with Gasteiger partial charge in [-0.15, -0.1) is 17.9 Å². The summed E-state index contributed by atoms with van der Waals surface area (Å²) in [6.45, 7) is 5.47. The van der Waals surface area contributed by atoms with Gasteiger partial charge < -0.3 is 19.7 Å². The molecule has 1 atom stereocenters. The Balaban J connectivity index is 1.61. The minimum absolute atomic E-state index is 0.0734. The Morgan fingerprint density at radius 1 is 1.31 bits per heavy atom. The van der Waals surface area contributed by atoms with Crippen molar-refractivity contribution in [3.63, 3.8) is 0 Å². The number of hydrogen-bond donors (Lipinski definition) is 2. The van der Waals surface area contributed by atoms with Gasteiger partial charge in [0.05, 0.1) is 29.1 Å². The number of hydrogen-bond acceptors (Lipinski definition) is 7. The number of carbonyl (C=O) groups excluding carboxylic acids is 1. The van der Waals surface area contributed by atoms with E-state index >= 15 is 0 Å².